The van der Waals surface area contributed by atoms with Crippen molar-refractivity contribution in [3.8, 4) is 0 Å². The number of hydrogen-bond donors (Lipinski definition) is 2. The molecule has 2 N–H and O–H groups in total. The normalized spacial score (nSPS) is 21.0. The van der Waals surface area contributed by atoms with Gasteiger partial charge in [0.25, 0.3) is 0 Å². The maximum Gasteiger partial charge on any atom is 0.242 e. The minimum atomic E-state index is -3.40. The van der Waals surface area contributed by atoms with Crippen molar-refractivity contribution < 1.29 is 8.42 Å². The van der Waals surface area contributed by atoms with Crippen LogP contribution in [0.3, 0.4) is 0 Å². The minimum absolute atomic E-state index is 0.140. The van der Waals surface area contributed by atoms with E-state index in [2.05, 4.69) is 10.0 Å². The Morgan fingerprint density at radius 2 is 1.52 bits per heavy atom. The van der Waals surface area contributed by atoms with Gasteiger partial charge in [-0.1, -0.05) is 37.8 Å². The van der Waals surface area contributed by atoms with E-state index in [4.69, 9.17) is 0 Å². The molecule has 116 valence electrons. The minimum Gasteiger partial charge on any atom is -0.381 e. The predicted octanol–water partition coefficient (Wildman–Crippen LogP) is 3.26. The average molecular weight is 308 g/mol. The summed E-state index contributed by atoms with van der Waals surface area (Å²) in [7, 11) is -3.40. The van der Waals surface area contributed by atoms with Gasteiger partial charge in [0, 0.05) is 12.1 Å². The second-order valence-corrected chi connectivity index (χ2v) is 7.91. The quantitative estimate of drug-likeness (QED) is 0.821. The Bertz CT molecular complexity index is 574. The highest BCUT2D eigenvalue weighted by atomic mass is 32.2. The van der Waals surface area contributed by atoms with Crippen molar-refractivity contribution in [1.82, 2.24) is 4.72 Å². The number of rotatable bonds is 5. The Kier molecular flexibility index (Phi) is 4.50. The van der Waals surface area contributed by atoms with Crippen LogP contribution in [0.4, 0.5) is 5.69 Å². The van der Waals surface area contributed by atoms with Crippen LogP contribution in [-0.4, -0.2) is 20.5 Å². The van der Waals surface area contributed by atoms with Crippen LogP contribution in [0.25, 0.3) is 0 Å². The molecule has 2 saturated carbocycles. The van der Waals surface area contributed by atoms with E-state index < -0.39 is 10.0 Å². The van der Waals surface area contributed by atoms with Gasteiger partial charge in [0.05, 0.1) is 5.69 Å². The van der Waals surface area contributed by atoms with Crippen LogP contribution in [0, 0.1) is 0 Å². The van der Waals surface area contributed by atoms with E-state index in [0.29, 0.717) is 10.9 Å². The third kappa shape index (κ3) is 3.98. The molecule has 0 spiro atoms. The van der Waals surface area contributed by atoms with E-state index in [-0.39, 0.29) is 6.04 Å². The molecule has 2 aliphatic rings. The molecular formula is C16H24N2O2S. The zero-order chi connectivity index (χ0) is 14.7. The predicted molar refractivity (Wildman–Crippen MR) is 84.9 cm³/mol. The number of sulfonamides is 1. The first-order valence-corrected chi connectivity index (χ1v) is 9.51. The first kappa shape index (κ1) is 14.9. The Labute approximate surface area is 127 Å². The van der Waals surface area contributed by atoms with Gasteiger partial charge in [0.2, 0.25) is 10.0 Å². The summed E-state index contributed by atoms with van der Waals surface area (Å²) < 4.78 is 27.7. The fraction of sp³-hybridized carbons (Fsp3) is 0.625. The maximum atomic E-state index is 12.5. The van der Waals surface area contributed by atoms with Crippen molar-refractivity contribution in [2.75, 3.05) is 5.32 Å². The van der Waals surface area contributed by atoms with Crippen molar-refractivity contribution in [3.05, 3.63) is 24.3 Å². The molecule has 0 heterocycles. The fourth-order valence-corrected chi connectivity index (χ4v) is 4.42. The molecule has 2 aliphatic carbocycles. The Morgan fingerprint density at radius 3 is 2.19 bits per heavy atom. The highest BCUT2D eigenvalue weighted by Crippen LogP contribution is 2.28. The highest BCUT2D eigenvalue weighted by Gasteiger charge is 2.29. The molecule has 1 aromatic rings. The summed E-state index contributed by atoms with van der Waals surface area (Å²) in [6.07, 6.45) is 9.21. The molecule has 2 fully saturated rings. The summed E-state index contributed by atoms with van der Waals surface area (Å²) in [6, 6.07) is 7.80. The molecular weight excluding hydrogens is 284 g/mol. The molecule has 0 bridgehead atoms. The van der Waals surface area contributed by atoms with Crippen molar-refractivity contribution in [2.24, 2.45) is 0 Å². The molecule has 5 heteroatoms. The number of para-hydroxylation sites is 1. The Morgan fingerprint density at radius 1 is 0.857 bits per heavy atom. The lowest BCUT2D eigenvalue weighted by Gasteiger charge is -2.20. The van der Waals surface area contributed by atoms with Crippen LogP contribution < -0.4 is 10.0 Å². The average Bonchev–Trinajstić information content (AvgIpc) is 3.27. The van der Waals surface area contributed by atoms with Gasteiger partial charge >= 0.3 is 0 Å². The zero-order valence-corrected chi connectivity index (χ0v) is 13.2. The molecule has 0 aliphatic heterocycles. The van der Waals surface area contributed by atoms with Gasteiger partial charge in [-0.3, -0.25) is 0 Å². The Hall–Kier alpha value is -1.07. The van der Waals surface area contributed by atoms with Crippen molar-refractivity contribution in [3.63, 3.8) is 0 Å². The molecule has 0 saturated heterocycles. The summed E-state index contributed by atoms with van der Waals surface area (Å²) in [5.41, 5.74) is 0.748. The second kappa shape index (κ2) is 6.36. The standard InChI is InChI=1S/C16H24N2O2S/c19-21(20,18-14-11-12-14)16-10-6-5-9-15(16)17-13-7-3-1-2-4-8-13/h5-6,9-10,13-14,17-18H,1-4,7-8,11-12H2. The molecule has 3 rings (SSSR count). The lowest BCUT2D eigenvalue weighted by molar-refractivity contribution is 0.580. The lowest BCUT2D eigenvalue weighted by Crippen LogP contribution is -2.27. The topological polar surface area (TPSA) is 58.2 Å². The van der Waals surface area contributed by atoms with Crippen LogP contribution in [0.1, 0.15) is 51.4 Å². The monoisotopic (exact) mass is 308 g/mol. The van der Waals surface area contributed by atoms with E-state index in [9.17, 15) is 8.42 Å². The van der Waals surface area contributed by atoms with E-state index in [1.54, 1.807) is 12.1 Å². The lowest BCUT2D eigenvalue weighted by atomic mass is 10.1. The van der Waals surface area contributed by atoms with Crippen LogP contribution >= 0.6 is 0 Å². The first-order chi connectivity index (χ1) is 10.1. The number of nitrogens with one attached hydrogen (secondary N) is 2. The van der Waals surface area contributed by atoms with Gasteiger partial charge in [0.15, 0.2) is 0 Å². The summed E-state index contributed by atoms with van der Waals surface area (Å²) in [5.74, 6) is 0. The van der Waals surface area contributed by atoms with E-state index in [1.165, 1.54) is 25.7 Å². The molecule has 21 heavy (non-hydrogen) atoms. The number of hydrogen-bond acceptors (Lipinski definition) is 3. The molecule has 4 nitrogen and oxygen atoms in total. The summed E-state index contributed by atoms with van der Waals surface area (Å²) in [6.45, 7) is 0. The fourth-order valence-electron chi connectivity index (χ4n) is 2.95. The Balaban J connectivity index is 1.78. The van der Waals surface area contributed by atoms with Gasteiger partial charge in [-0.05, 0) is 37.8 Å². The number of benzene rings is 1. The van der Waals surface area contributed by atoms with E-state index in [1.807, 2.05) is 12.1 Å². The SMILES string of the molecule is O=S(=O)(NC1CC1)c1ccccc1NC1CCCCCC1. The summed E-state index contributed by atoms with van der Waals surface area (Å²) in [4.78, 5) is 0.390. The maximum absolute atomic E-state index is 12.5. The second-order valence-electron chi connectivity index (χ2n) is 6.22. The third-order valence-corrected chi connectivity index (χ3v) is 5.87. The highest BCUT2D eigenvalue weighted by molar-refractivity contribution is 7.89. The van der Waals surface area contributed by atoms with Crippen molar-refractivity contribution in [2.45, 2.75) is 68.3 Å². The van der Waals surface area contributed by atoms with E-state index >= 15 is 0 Å². The van der Waals surface area contributed by atoms with E-state index in [0.717, 1.165) is 31.4 Å². The molecule has 1 aromatic carbocycles. The van der Waals surface area contributed by atoms with Crippen LogP contribution in [0.2, 0.25) is 0 Å². The van der Waals surface area contributed by atoms with Crippen molar-refractivity contribution >= 4 is 15.7 Å². The third-order valence-electron chi connectivity index (χ3n) is 4.29. The molecule has 0 amide bonds. The summed E-state index contributed by atoms with van der Waals surface area (Å²) >= 11 is 0. The largest absolute Gasteiger partial charge is 0.381 e. The number of anilines is 1. The van der Waals surface area contributed by atoms with Gasteiger partial charge in [-0.2, -0.15) is 0 Å². The van der Waals surface area contributed by atoms with Crippen LogP contribution in [0.15, 0.2) is 29.2 Å². The smallest absolute Gasteiger partial charge is 0.242 e. The van der Waals surface area contributed by atoms with Gasteiger partial charge in [-0.15, -0.1) is 0 Å². The molecule has 0 radical (unpaired) electrons. The molecule has 0 aromatic heterocycles. The van der Waals surface area contributed by atoms with Gasteiger partial charge in [0.1, 0.15) is 4.90 Å². The van der Waals surface area contributed by atoms with Gasteiger partial charge < -0.3 is 5.32 Å². The first-order valence-electron chi connectivity index (χ1n) is 8.03. The van der Waals surface area contributed by atoms with Crippen LogP contribution in [-0.2, 0) is 10.0 Å². The van der Waals surface area contributed by atoms with Crippen LogP contribution in [0.5, 0.6) is 0 Å². The van der Waals surface area contributed by atoms with Crippen molar-refractivity contribution in [1.29, 1.82) is 0 Å². The van der Waals surface area contributed by atoms with Gasteiger partial charge in [-0.25, -0.2) is 13.1 Å². The summed E-state index contributed by atoms with van der Waals surface area (Å²) in [5, 5.41) is 3.47. The molecule has 0 unspecified atom stereocenters. The molecule has 0 atom stereocenters. The zero-order valence-electron chi connectivity index (χ0n) is 12.3.